The predicted molar refractivity (Wildman–Crippen MR) is 129 cm³/mol. The summed E-state index contributed by atoms with van der Waals surface area (Å²) in [6, 6.07) is 9.47. The number of carbonyl (C=O) groups excluding carboxylic acids is 3. The summed E-state index contributed by atoms with van der Waals surface area (Å²) in [5, 5.41) is 0. The third-order valence-corrected chi connectivity index (χ3v) is 5.82. The quantitative estimate of drug-likeness (QED) is 0.309. The zero-order valence-electron chi connectivity index (χ0n) is 21.3. The lowest BCUT2D eigenvalue weighted by atomic mass is 9.97. The Kier molecular flexibility index (Phi) is 8.17. The van der Waals surface area contributed by atoms with Gasteiger partial charge in [-0.3, -0.25) is 28.3 Å². The molecule has 0 amide bonds. The highest BCUT2D eigenvalue weighted by molar-refractivity contribution is 5.70. The first-order chi connectivity index (χ1) is 18.2. The van der Waals surface area contributed by atoms with Crippen molar-refractivity contribution in [2.24, 2.45) is 0 Å². The molecule has 38 heavy (non-hydrogen) atoms. The van der Waals surface area contributed by atoms with Gasteiger partial charge in [0.25, 0.3) is 5.56 Å². The van der Waals surface area contributed by atoms with Crippen LogP contribution in [0.2, 0.25) is 0 Å². The van der Waals surface area contributed by atoms with Gasteiger partial charge in [0.2, 0.25) is 0 Å². The average Bonchev–Trinajstić information content (AvgIpc) is 3.29. The number of hydrogen-bond acceptors (Lipinski definition) is 11. The van der Waals surface area contributed by atoms with Gasteiger partial charge in [0.05, 0.1) is 12.7 Å². The van der Waals surface area contributed by atoms with Crippen molar-refractivity contribution in [3.05, 3.63) is 58.9 Å². The summed E-state index contributed by atoms with van der Waals surface area (Å²) in [4.78, 5) is 57.6. The van der Waals surface area contributed by atoms with Gasteiger partial charge in [-0.25, -0.2) is 9.97 Å². The van der Waals surface area contributed by atoms with Crippen molar-refractivity contribution in [3.63, 3.8) is 0 Å². The number of hydrogen-bond donors (Lipinski definition) is 0. The maximum absolute atomic E-state index is 13.4. The lowest BCUT2D eigenvalue weighted by Crippen LogP contribution is -2.58. The van der Waals surface area contributed by atoms with Crippen LogP contribution in [0.4, 0.5) is 0 Å². The van der Waals surface area contributed by atoms with Crippen LogP contribution in [-0.2, 0) is 51.4 Å². The fraction of sp³-hybridized carbons (Fsp3) is 0.440. The van der Waals surface area contributed by atoms with E-state index in [4.69, 9.17) is 23.7 Å². The van der Waals surface area contributed by atoms with E-state index in [-0.39, 0.29) is 24.5 Å². The maximum Gasteiger partial charge on any atom is 0.303 e. The number of benzene rings is 1. The molecule has 1 fully saturated rings. The molecule has 0 spiro atoms. The first kappa shape index (κ1) is 26.9. The SMILES string of the molecule is CC(=O)O[C@@H]1[C@H](OC(C)=O)[C@H](C)O[C@H](n2cnc3ncn(COCc4ccccc4)c(=O)c32)[C@H]1OC(C)=O. The molecule has 2 aromatic heterocycles. The Hall–Kier alpha value is -4.10. The highest BCUT2D eigenvalue weighted by Gasteiger charge is 2.51. The molecule has 1 aliphatic rings. The van der Waals surface area contributed by atoms with Crippen molar-refractivity contribution < 1.29 is 38.1 Å². The van der Waals surface area contributed by atoms with E-state index in [2.05, 4.69) is 9.97 Å². The monoisotopic (exact) mass is 528 g/mol. The van der Waals surface area contributed by atoms with Crippen LogP contribution in [0, 0.1) is 0 Å². The van der Waals surface area contributed by atoms with Gasteiger partial charge in [-0.15, -0.1) is 0 Å². The van der Waals surface area contributed by atoms with E-state index in [0.29, 0.717) is 0 Å². The summed E-state index contributed by atoms with van der Waals surface area (Å²) >= 11 is 0. The van der Waals surface area contributed by atoms with Crippen molar-refractivity contribution in [2.45, 2.75) is 71.7 Å². The van der Waals surface area contributed by atoms with Crippen LogP contribution in [0.5, 0.6) is 0 Å². The Bertz CT molecular complexity index is 1370. The molecule has 0 aliphatic carbocycles. The number of rotatable bonds is 8. The van der Waals surface area contributed by atoms with Gasteiger partial charge in [0.15, 0.2) is 35.7 Å². The number of ether oxygens (including phenoxy) is 5. The lowest BCUT2D eigenvalue weighted by Gasteiger charge is -2.44. The Balaban J connectivity index is 1.70. The first-order valence-electron chi connectivity index (χ1n) is 11.9. The molecule has 3 heterocycles. The van der Waals surface area contributed by atoms with Crippen molar-refractivity contribution in [1.82, 2.24) is 19.1 Å². The van der Waals surface area contributed by atoms with E-state index in [0.717, 1.165) is 5.56 Å². The third-order valence-electron chi connectivity index (χ3n) is 5.82. The zero-order chi connectivity index (χ0) is 27.4. The number of aromatic nitrogens is 4. The minimum Gasteiger partial charge on any atom is -0.456 e. The molecule has 0 saturated carbocycles. The normalized spacial score (nSPS) is 23.1. The van der Waals surface area contributed by atoms with Gasteiger partial charge in [0.1, 0.15) is 19.4 Å². The number of imidazole rings is 1. The summed E-state index contributed by atoms with van der Waals surface area (Å²) in [7, 11) is 0. The van der Waals surface area contributed by atoms with Crippen molar-refractivity contribution in [1.29, 1.82) is 0 Å². The van der Waals surface area contributed by atoms with E-state index in [1.165, 1.54) is 42.6 Å². The maximum atomic E-state index is 13.4. The van der Waals surface area contributed by atoms with Gasteiger partial charge in [-0.1, -0.05) is 30.3 Å². The molecule has 0 unspecified atom stereocenters. The highest BCUT2D eigenvalue weighted by Crippen LogP contribution is 2.35. The van der Waals surface area contributed by atoms with Gasteiger partial charge in [-0.05, 0) is 12.5 Å². The van der Waals surface area contributed by atoms with Gasteiger partial charge in [-0.2, -0.15) is 0 Å². The van der Waals surface area contributed by atoms with Gasteiger partial charge >= 0.3 is 17.9 Å². The van der Waals surface area contributed by atoms with Crippen molar-refractivity contribution >= 4 is 29.1 Å². The molecule has 13 nitrogen and oxygen atoms in total. The van der Waals surface area contributed by atoms with Crippen LogP contribution in [0.3, 0.4) is 0 Å². The number of carbonyl (C=O) groups is 3. The molecule has 13 heteroatoms. The van der Waals surface area contributed by atoms with Crippen LogP contribution in [0.15, 0.2) is 47.8 Å². The second-order valence-corrected chi connectivity index (χ2v) is 8.76. The molecule has 5 atom stereocenters. The van der Waals surface area contributed by atoms with Crippen LogP contribution in [0.25, 0.3) is 11.2 Å². The number of fused-ring (bicyclic) bond motifs is 1. The van der Waals surface area contributed by atoms with E-state index in [1.54, 1.807) is 6.92 Å². The summed E-state index contributed by atoms with van der Waals surface area (Å²) in [6.45, 7) is 5.35. The molecule has 4 rings (SSSR count). The molecule has 0 radical (unpaired) electrons. The standard InChI is InChI=1S/C25H28N4O9/c1-14-20(36-15(2)30)21(37-16(3)31)22(38-17(4)32)25(35-14)29-12-27-23-19(29)24(33)28(11-26-23)13-34-10-18-8-6-5-7-9-18/h5-9,11-12,14,20-22,25H,10,13H2,1-4H3/t14-,20+,21+,22-,25-/m0/s1. The third kappa shape index (κ3) is 5.89. The zero-order valence-corrected chi connectivity index (χ0v) is 21.3. The van der Waals surface area contributed by atoms with Crippen LogP contribution < -0.4 is 5.56 Å². The van der Waals surface area contributed by atoms with E-state index in [9.17, 15) is 19.2 Å². The Morgan fingerprint density at radius 3 is 2.16 bits per heavy atom. The van der Waals surface area contributed by atoms with Crippen LogP contribution in [-0.4, -0.2) is 61.4 Å². The molecule has 3 aromatic rings. The smallest absolute Gasteiger partial charge is 0.303 e. The molecule has 0 bridgehead atoms. The van der Waals surface area contributed by atoms with Crippen LogP contribution in [0.1, 0.15) is 39.5 Å². The topological polar surface area (TPSA) is 150 Å². The Morgan fingerprint density at radius 1 is 0.895 bits per heavy atom. The average molecular weight is 529 g/mol. The molecular formula is C25H28N4O9. The molecule has 0 N–H and O–H groups in total. The summed E-state index contributed by atoms with van der Waals surface area (Å²) in [5.74, 6) is -2.03. The second-order valence-electron chi connectivity index (χ2n) is 8.76. The molecule has 202 valence electrons. The second kappa shape index (κ2) is 11.5. The largest absolute Gasteiger partial charge is 0.456 e. The summed E-state index contributed by atoms with van der Waals surface area (Å²) in [5.41, 5.74) is 0.632. The number of nitrogens with zero attached hydrogens (tertiary/aromatic N) is 4. The highest BCUT2D eigenvalue weighted by atomic mass is 16.7. The molecule has 1 aromatic carbocycles. The Morgan fingerprint density at radius 2 is 1.50 bits per heavy atom. The van der Waals surface area contributed by atoms with E-state index >= 15 is 0 Å². The van der Waals surface area contributed by atoms with Crippen molar-refractivity contribution in [3.8, 4) is 0 Å². The summed E-state index contributed by atoms with van der Waals surface area (Å²) in [6.07, 6.45) is -2.92. The predicted octanol–water partition coefficient (Wildman–Crippen LogP) is 1.48. The number of esters is 3. The summed E-state index contributed by atoms with van der Waals surface area (Å²) < 4.78 is 30.7. The minimum atomic E-state index is -1.28. The first-order valence-corrected chi connectivity index (χ1v) is 11.9. The molecule has 1 saturated heterocycles. The molecule has 1 aliphatic heterocycles. The fourth-order valence-electron chi connectivity index (χ4n) is 4.30. The van der Waals surface area contributed by atoms with Crippen LogP contribution >= 0.6 is 0 Å². The van der Waals surface area contributed by atoms with Crippen molar-refractivity contribution in [2.75, 3.05) is 0 Å². The Labute approximate surface area is 217 Å². The van der Waals surface area contributed by atoms with Gasteiger partial charge in [0, 0.05) is 20.8 Å². The lowest BCUT2D eigenvalue weighted by molar-refractivity contribution is -0.259. The molecular weight excluding hydrogens is 500 g/mol. The van der Waals surface area contributed by atoms with Gasteiger partial charge < -0.3 is 23.7 Å². The van der Waals surface area contributed by atoms with E-state index in [1.807, 2.05) is 30.3 Å². The minimum absolute atomic E-state index is 0.0534. The van der Waals surface area contributed by atoms with E-state index < -0.39 is 54.1 Å². The fourth-order valence-corrected chi connectivity index (χ4v) is 4.30.